The van der Waals surface area contributed by atoms with Crippen molar-refractivity contribution in [3.05, 3.63) is 35.9 Å². The Kier molecular flexibility index (Phi) is 5.78. The Hall–Kier alpha value is -1.15. The minimum atomic E-state index is 0.0441. The lowest BCUT2D eigenvalue weighted by Crippen LogP contribution is -2.21. The van der Waals surface area contributed by atoms with Crippen LogP contribution in [0, 0.1) is 5.92 Å². The molecular formula is C18H26O2. The SMILES string of the molecule is CCC(C)C(C(=O)CCC1CCCO1)c1ccccc1. The van der Waals surface area contributed by atoms with Gasteiger partial charge in [0.1, 0.15) is 5.78 Å². The second kappa shape index (κ2) is 7.58. The van der Waals surface area contributed by atoms with Gasteiger partial charge < -0.3 is 4.74 Å². The lowest BCUT2D eigenvalue weighted by molar-refractivity contribution is -0.122. The third-order valence-electron chi connectivity index (χ3n) is 4.46. The van der Waals surface area contributed by atoms with Gasteiger partial charge in [-0.2, -0.15) is 0 Å². The van der Waals surface area contributed by atoms with E-state index >= 15 is 0 Å². The van der Waals surface area contributed by atoms with Gasteiger partial charge in [-0.05, 0) is 30.7 Å². The minimum absolute atomic E-state index is 0.0441. The van der Waals surface area contributed by atoms with Crippen LogP contribution >= 0.6 is 0 Å². The number of carbonyl (C=O) groups excluding carboxylic acids is 1. The van der Waals surface area contributed by atoms with Gasteiger partial charge >= 0.3 is 0 Å². The van der Waals surface area contributed by atoms with Crippen molar-refractivity contribution >= 4 is 5.78 Å². The van der Waals surface area contributed by atoms with Crippen LogP contribution in [0.4, 0.5) is 0 Å². The van der Waals surface area contributed by atoms with Gasteiger partial charge in [0, 0.05) is 18.9 Å². The summed E-state index contributed by atoms with van der Waals surface area (Å²) in [6.07, 6.45) is 5.14. The lowest BCUT2D eigenvalue weighted by Gasteiger charge is -2.23. The molecule has 3 unspecified atom stereocenters. The van der Waals surface area contributed by atoms with E-state index < -0.39 is 0 Å². The fourth-order valence-electron chi connectivity index (χ4n) is 3.06. The highest BCUT2D eigenvalue weighted by atomic mass is 16.5. The molecule has 110 valence electrons. The first kappa shape index (κ1) is 15.2. The number of hydrogen-bond donors (Lipinski definition) is 0. The monoisotopic (exact) mass is 274 g/mol. The smallest absolute Gasteiger partial charge is 0.140 e. The zero-order valence-corrected chi connectivity index (χ0v) is 12.7. The predicted octanol–water partition coefficient (Wildman–Crippen LogP) is 4.34. The molecule has 1 aromatic rings. The molecule has 1 aliphatic heterocycles. The Labute approximate surface area is 122 Å². The largest absolute Gasteiger partial charge is 0.378 e. The summed E-state index contributed by atoms with van der Waals surface area (Å²) in [5, 5.41) is 0. The Balaban J connectivity index is 2.00. The molecule has 0 aromatic heterocycles. The van der Waals surface area contributed by atoms with E-state index in [0.29, 0.717) is 24.2 Å². The van der Waals surface area contributed by atoms with Crippen molar-refractivity contribution < 1.29 is 9.53 Å². The van der Waals surface area contributed by atoms with Gasteiger partial charge in [0.25, 0.3) is 0 Å². The molecule has 0 bridgehead atoms. The zero-order chi connectivity index (χ0) is 14.4. The van der Waals surface area contributed by atoms with E-state index in [0.717, 1.165) is 32.3 Å². The van der Waals surface area contributed by atoms with Gasteiger partial charge in [-0.15, -0.1) is 0 Å². The van der Waals surface area contributed by atoms with Gasteiger partial charge in [-0.1, -0.05) is 50.6 Å². The molecule has 0 radical (unpaired) electrons. The number of rotatable bonds is 7. The Morgan fingerprint density at radius 3 is 2.70 bits per heavy atom. The van der Waals surface area contributed by atoms with Gasteiger partial charge in [-0.25, -0.2) is 0 Å². The van der Waals surface area contributed by atoms with E-state index in [1.54, 1.807) is 0 Å². The molecule has 0 N–H and O–H groups in total. The highest BCUT2D eigenvalue weighted by Gasteiger charge is 2.26. The van der Waals surface area contributed by atoms with E-state index in [1.165, 1.54) is 5.56 Å². The molecule has 20 heavy (non-hydrogen) atoms. The van der Waals surface area contributed by atoms with E-state index in [4.69, 9.17) is 4.74 Å². The molecule has 2 nitrogen and oxygen atoms in total. The van der Waals surface area contributed by atoms with Crippen LogP contribution in [0.2, 0.25) is 0 Å². The third-order valence-corrected chi connectivity index (χ3v) is 4.46. The summed E-state index contributed by atoms with van der Waals surface area (Å²) in [5.41, 5.74) is 1.17. The molecule has 3 atom stereocenters. The van der Waals surface area contributed by atoms with Crippen LogP contribution in [-0.4, -0.2) is 18.5 Å². The maximum Gasteiger partial charge on any atom is 0.140 e. The fraction of sp³-hybridized carbons (Fsp3) is 0.611. The quantitative estimate of drug-likeness (QED) is 0.739. The summed E-state index contributed by atoms with van der Waals surface area (Å²) in [6.45, 7) is 5.21. The summed E-state index contributed by atoms with van der Waals surface area (Å²) >= 11 is 0. The van der Waals surface area contributed by atoms with E-state index in [9.17, 15) is 4.79 Å². The number of carbonyl (C=O) groups is 1. The molecule has 0 amide bonds. The molecule has 1 fully saturated rings. The Morgan fingerprint density at radius 2 is 2.10 bits per heavy atom. The summed E-state index contributed by atoms with van der Waals surface area (Å²) in [6, 6.07) is 10.2. The van der Waals surface area contributed by atoms with Gasteiger partial charge in [-0.3, -0.25) is 4.79 Å². The topological polar surface area (TPSA) is 26.3 Å². The van der Waals surface area contributed by atoms with Crippen molar-refractivity contribution in [3.63, 3.8) is 0 Å². The number of benzene rings is 1. The van der Waals surface area contributed by atoms with Crippen LogP contribution in [0.3, 0.4) is 0 Å². The number of Topliss-reactive ketones (excluding diaryl/α,β-unsaturated/α-hetero) is 1. The molecular weight excluding hydrogens is 248 g/mol. The lowest BCUT2D eigenvalue weighted by atomic mass is 9.81. The van der Waals surface area contributed by atoms with Crippen LogP contribution in [0.15, 0.2) is 30.3 Å². The highest BCUT2D eigenvalue weighted by molar-refractivity contribution is 5.86. The fourth-order valence-corrected chi connectivity index (χ4v) is 3.06. The zero-order valence-electron chi connectivity index (χ0n) is 12.7. The van der Waals surface area contributed by atoms with Crippen LogP contribution in [0.1, 0.15) is 57.4 Å². The Morgan fingerprint density at radius 1 is 1.35 bits per heavy atom. The molecule has 1 saturated heterocycles. The van der Waals surface area contributed by atoms with Crippen molar-refractivity contribution in [1.82, 2.24) is 0 Å². The first-order valence-electron chi connectivity index (χ1n) is 7.91. The summed E-state index contributed by atoms with van der Waals surface area (Å²) in [7, 11) is 0. The second-order valence-corrected chi connectivity index (χ2v) is 5.91. The molecule has 0 saturated carbocycles. The maximum absolute atomic E-state index is 12.6. The van der Waals surface area contributed by atoms with Crippen molar-refractivity contribution in [2.75, 3.05) is 6.61 Å². The van der Waals surface area contributed by atoms with E-state index in [1.807, 2.05) is 18.2 Å². The van der Waals surface area contributed by atoms with Crippen LogP contribution < -0.4 is 0 Å². The normalized spacial score (nSPS) is 21.6. The van der Waals surface area contributed by atoms with Crippen molar-refractivity contribution in [2.24, 2.45) is 5.92 Å². The molecule has 1 aromatic carbocycles. The number of ether oxygens (including phenoxy) is 1. The number of hydrogen-bond acceptors (Lipinski definition) is 2. The van der Waals surface area contributed by atoms with E-state index in [2.05, 4.69) is 26.0 Å². The molecule has 0 aliphatic carbocycles. The first-order valence-corrected chi connectivity index (χ1v) is 7.91. The molecule has 2 rings (SSSR count). The maximum atomic E-state index is 12.6. The summed E-state index contributed by atoms with van der Waals surface area (Å²) in [5.74, 6) is 0.818. The molecule has 1 heterocycles. The average molecular weight is 274 g/mol. The standard InChI is InChI=1S/C18H26O2/c1-3-14(2)18(15-8-5-4-6-9-15)17(19)12-11-16-10-7-13-20-16/h4-6,8-9,14,16,18H,3,7,10-13H2,1-2H3. The van der Waals surface area contributed by atoms with Crippen LogP contribution in [0.5, 0.6) is 0 Å². The van der Waals surface area contributed by atoms with Gasteiger partial charge in [0.2, 0.25) is 0 Å². The van der Waals surface area contributed by atoms with Gasteiger partial charge in [0.05, 0.1) is 6.10 Å². The number of ketones is 1. The van der Waals surface area contributed by atoms with Crippen LogP contribution in [0.25, 0.3) is 0 Å². The van der Waals surface area contributed by atoms with Crippen molar-refractivity contribution in [3.8, 4) is 0 Å². The summed E-state index contributed by atoms with van der Waals surface area (Å²) < 4.78 is 5.62. The summed E-state index contributed by atoms with van der Waals surface area (Å²) in [4.78, 5) is 12.6. The molecule has 1 aliphatic rings. The third kappa shape index (κ3) is 3.92. The Bertz CT molecular complexity index is 407. The average Bonchev–Trinajstić information content (AvgIpc) is 2.99. The molecule has 0 spiro atoms. The van der Waals surface area contributed by atoms with Crippen molar-refractivity contribution in [1.29, 1.82) is 0 Å². The van der Waals surface area contributed by atoms with Crippen LogP contribution in [-0.2, 0) is 9.53 Å². The highest BCUT2D eigenvalue weighted by Crippen LogP contribution is 2.30. The van der Waals surface area contributed by atoms with E-state index in [-0.39, 0.29) is 5.92 Å². The first-order chi connectivity index (χ1) is 9.72. The molecule has 2 heteroatoms. The predicted molar refractivity (Wildman–Crippen MR) is 81.9 cm³/mol. The van der Waals surface area contributed by atoms with Gasteiger partial charge in [0.15, 0.2) is 0 Å². The van der Waals surface area contributed by atoms with Crippen molar-refractivity contribution in [2.45, 2.75) is 58.0 Å². The minimum Gasteiger partial charge on any atom is -0.378 e. The second-order valence-electron chi connectivity index (χ2n) is 5.91.